The van der Waals surface area contributed by atoms with E-state index in [9.17, 15) is 18.4 Å². The van der Waals surface area contributed by atoms with Gasteiger partial charge in [0.15, 0.2) is 17.4 Å². The maximum absolute atomic E-state index is 13.9. The van der Waals surface area contributed by atoms with E-state index in [0.29, 0.717) is 20.4 Å². The van der Waals surface area contributed by atoms with Crippen molar-refractivity contribution in [3.05, 3.63) is 47.1 Å². The highest BCUT2D eigenvalue weighted by atomic mass is 32.2. The van der Waals surface area contributed by atoms with Crippen molar-refractivity contribution in [2.24, 2.45) is 0 Å². The zero-order chi connectivity index (χ0) is 19.1. The normalized spacial score (nSPS) is 19.0. The summed E-state index contributed by atoms with van der Waals surface area (Å²) in [5, 5.41) is 12.7. The van der Waals surface area contributed by atoms with Crippen LogP contribution in [0.1, 0.15) is 11.4 Å². The van der Waals surface area contributed by atoms with Crippen LogP contribution in [0.25, 0.3) is 10.2 Å². The second-order valence-corrected chi connectivity index (χ2v) is 8.80. The number of pyridine rings is 1. The maximum atomic E-state index is 13.9. The molecule has 1 aromatic carbocycles. The van der Waals surface area contributed by atoms with E-state index in [1.807, 2.05) is 0 Å². The fraction of sp³-hybridized carbons (Fsp3) is 0.176. The van der Waals surface area contributed by atoms with Gasteiger partial charge < -0.3 is 10.4 Å². The number of aliphatic carboxylic acids is 1. The van der Waals surface area contributed by atoms with Gasteiger partial charge in [0.05, 0.1) is 11.1 Å². The summed E-state index contributed by atoms with van der Waals surface area (Å²) in [4.78, 5) is 32.4. The summed E-state index contributed by atoms with van der Waals surface area (Å²) in [5.74, 6) is -2.92. The number of carbonyl (C=O) groups is 2. The second-order valence-electron chi connectivity index (χ2n) is 5.82. The lowest BCUT2D eigenvalue weighted by Gasteiger charge is -2.22. The zero-order valence-electron chi connectivity index (χ0n) is 13.6. The third-order valence-corrected chi connectivity index (χ3v) is 7.33. The van der Waals surface area contributed by atoms with Gasteiger partial charge in [0.25, 0.3) is 5.03 Å². The first-order valence-corrected chi connectivity index (χ1v) is 10.1. The highest BCUT2D eigenvalue weighted by Gasteiger charge is 2.47. The van der Waals surface area contributed by atoms with E-state index < -0.39 is 34.5 Å². The van der Waals surface area contributed by atoms with Crippen molar-refractivity contribution >= 4 is 49.2 Å². The summed E-state index contributed by atoms with van der Waals surface area (Å²) >= 11 is 1.18. The van der Waals surface area contributed by atoms with Gasteiger partial charge in [-0.25, -0.2) is 23.5 Å². The Bertz CT molecular complexity index is 1070. The molecule has 0 spiro atoms. The number of carboxylic acids is 1. The van der Waals surface area contributed by atoms with Gasteiger partial charge in [-0.1, -0.05) is 0 Å². The molecule has 2 N–H and O–H groups in total. The van der Waals surface area contributed by atoms with Crippen LogP contribution in [-0.2, 0) is 26.2 Å². The monoisotopic (exact) mass is 408 g/mol. The molecule has 0 bridgehead atoms. The number of hydrogen-bond donors (Lipinski definition) is 2. The van der Waals surface area contributed by atoms with E-state index >= 15 is 0 Å². The van der Waals surface area contributed by atoms with Gasteiger partial charge in [-0.05, 0) is 24.3 Å². The molecule has 0 aliphatic carbocycles. The summed E-state index contributed by atoms with van der Waals surface area (Å²) < 4.78 is 27.8. The Kier molecular flexibility index (Phi) is 4.52. The molecule has 0 saturated carbocycles. The average Bonchev–Trinajstić information content (AvgIpc) is 3.05. The van der Waals surface area contributed by atoms with Crippen molar-refractivity contribution in [1.29, 1.82) is 0 Å². The molecule has 0 radical (unpaired) electrons. The van der Waals surface area contributed by atoms with Crippen LogP contribution < -0.4 is 5.32 Å². The van der Waals surface area contributed by atoms with E-state index in [1.165, 1.54) is 17.4 Å². The molecule has 3 heterocycles. The lowest BCUT2D eigenvalue weighted by molar-refractivity contribution is -0.138. The van der Waals surface area contributed by atoms with Gasteiger partial charge in [-0.2, -0.15) is 0 Å². The van der Waals surface area contributed by atoms with Crippen molar-refractivity contribution in [3.63, 3.8) is 0 Å². The standard InChI is InChI=1S/C17H11F2N3O3S2/c18-8-3-4-11-15(14(8)19)22-12(26-11)7-27-16-9(2-1-5-20-16)21-10(17(27)25)6-13(23)24/h1-5,10,21H,6-7H2/p+1. The van der Waals surface area contributed by atoms with Crippen LogP contribution in [0.15, 0.2) is 35.5 Å². The third kappa shape index (κ3) is 3.26. The molecule has 27 heavy (non-hydrogen) atoms. The van der Waals surface area contributed by atoms with Crippen LogP contribution in [0.5, 0.6) is 0 Å². The van der Waals surface area contributed by atoms with Crippen LogP contribution in [-0.4, -0.2) is 32.2 Å². The minimum absolute atomic E-state index is 0.0653. The Morgan fingerprint density at radius 3 is 2.93 bits per heavy atom. The number of aromatic nitrogens is 2. The second kappa shape index (κ2) is 6.86. The molecule has 0 saturated heterocycles. The summed E-state index contributed by atoms with van der Waals surface area (Å²) in [6.45, 7) is 0. The molecular weight excluding hydrogens is 396 g/mol. The Hall–Kier alpha value is -2.59. The highest BCUT2D eigenvalue weighted by Crippen LogP contribution is 2.34. The maximum Gasteiger partial charge on any atom is 0.361 e. The first-order valence-electron chi connectivity index (χ1n) is 7.85. The molecule has 4 rings (SSSR count). The first kappa shape index (κ1) is 17.8. The minimum Gasteiger partial charge on any atom is -0.481 e. The van der Waals surface area contributed by atoms with Crippen molar-refractivity contribution in [1.82, 2.24) is 9.97 Å². The van der Waals surface area contributed by atoms with E-state index in [2.05, 4.69) is 15.3 Å². The smallest absolute Gasteiger partial charge is 0.361 e. The number of anilines is 1. The van der Waals surface area contributed by atoms with Crippen molar-refractivity contribution in [2.75, 3.05) is 5.32 Å². The van der Waals surface area contributed by atoms with E-state index in [0.717, 1.165) is 6.07 Å². The molecule has 138 valence electrons. The van der Waals surface area contributed by atoms with Gasteiger partial charge in [-0.3, -0.25) is 4.79 Å². The Morgan fingerprint density at radius 2 is 2.15 bits per heavy atom. The van der Waals surface area contributed by atoms with E-state index in [-0.39, 0.29) is 22.8 Å². The number of carboxylic acid groups (broad SMARTS) is 1. The topological polar surface area (TPSA) is 92.2 Å². The Labute approximate surface area is 158 Å². The third-order valence-electron chi connectivity index (χ3n) is 4.00. The van der Waals surface area contributed by atoms with E-state index in [1.54, 1.807) is 18.3 Å². The van der Waals surface area contributed by atoms with Crippen LogP contribution in [0.2, 0.25) is 0 Å². The van der Waals surface area contributed by atoms with Crippen LogP contribution in [0, 0.1) is 11.6 Å². The first-order chi connectivity index (χ1) is 12.9. The van der Waals surface area contributed by atoms with Gasteiger partial charge in [0.1, 0.15) is 33.1 Å². The summed E-state index contributed by atoms with van der Waals surface area (Å²) in [6.07, 6.45) is 1.20. The quantitative estimate of drug-likeness (QED) is 0.645. The Balaban J connectivity index is 1.72. The SMILES string of the molecule is O=C(O)CC1Nc2cccnc2[S+](Cc2nc3c(F)c(F)ccc3s2)C1=O. The van der Waals surface area contributed by atoms with Gasteiger partial charge in [0, 0.05) is 6.20 Å². The highest BCUT2D eigenvalue weighted by molar-refractivity contribution is 8.10. The summed E-state index contributed by atoms with van der Waals surface area (Å²) in [5.41, 5.74) is 0.537. The fourth-order valence-electron chi connectivity index (χ4n) is 2.83. The van der Waals surface area contributed by atoms with Crippen molar-refractivity contribution in [3.8, 4) is 0 Å². The van der Waals surface area contributed by atoms with Gasteiger partial charge in [-0.15, -0.1) is 11.3 Å². The number of carbonyl (C=O) groups excluding carboxylic acids is 1. The largest absolute Gasteiger partial charge is 0.481 e. The molecule has 10 heteroatoms. The van der Waals surface area contributed by atoms with Gasteiger partial charge >= 0.3 is 11.1 Å². The minimum atomic E-state index is -1.09. The molecule has 2 aromatic heterocycles. The molecular formula is C17H12F2N3O3S2+. The number of nitrogens with one attached hydrogen (secondary N) is 1. The van der Waals surface area contributed by atoms with Crippen LogP contribution >= 0.6 is 11.3 Å². The summed E-state index contributed by atoms with van der Waals surface area (Å²) in [6, 6.07) is 5.04. The molecule has 6 nitrogen and oxygen atoms in total. The number of thiazole rings is 1. The lowest BCUT2D eigenvalue weighted by atomic mass is 10.2. The fourth-order valence-corrected chi connectivity index (χ4v) is 6.02. The van der Waals surface area contributed by atoms with E-state index in [4.69, 9.17) is 5.11 Å². The molecule has 2 unspecified atom stereocenters. The molecule has 1 aliphatic heterocycles. The Morgan fingerprint density at radius 1 is 1.33 bits per heavy atom. The van der Waals surface area contributed by atoms with Crippen LogP contribution in [0.3, 0.4) is 0 Å². The molecule has 0 amide bonds. The number of rotatable bonds is 4. The predicted molar refractivity (Wildman–Crippen MR) is 97.8 cm³/mol. The lowest BCUT2D eigenvalue weighted by Crippen LogP contribution is -2.42. The average molecular weight is 408 g/mol. The zero-order valence-corrected chi connectivity index (χ0v) is 15.2. The molecule has 2 atom stereocenters. The number of halogens is 2. The number of hydrogen-bond acceptors (Lipinski definition) is 6. The molecule has 0 fully saturated rings. The number of benzene rings is 1. The predicted octanol–water partition coefficient (Wildman–Crippen LogP) is 2.94. The number of nitrogens with zero attached hydrogens (tertiary/aromatic N) is 2. The van der Waals surface area contributed by atoms with Crippen molar-refractivity contribution < 1.29 is 23.5 Å². The molecule has 1 aliphatic rings. The summed E-state index contributed by atoms with van der Waals surface area (Å²) in [7, 11) is -1.04. The van der Waals surface area contributed by atoms with Crippen LogP contribution in [0.4, 0.5) is 14.5 Å². The number of fused-ring (bicyclic) bond motifs is 2. The molecule has 3 aromatic rings. The van der Waals surface area contributed by atoms with Gasteiger partial charge in [0.2, 0.25) is 0 Å². The van der Waals surface area contributed by atoms with Crippen molar-refractivity contribution in [2.45, 2.75) is 23.2 Å².